The van der Waals surface area contributed by atoms with Gasteiger partial charge in [0, 0.05) is 44.7 Å². The Morgan fingerprint density at radius 3 is 2.63 bits per heavy atom. The van der Waals surface area contributed by atoms with Crippen molar-refractivity contribution in [3.63, 3.8) is 0 Å². The van der Waals surface area contributed by atoms with Crippen LogP contribution in [0.1, 0.15) is 31.4 Å². The van der Waals surface area contributed by atoms with E-state index in [0.29, 0.717) is 25.8 Å². The lowest BCUT2D eigenvalue weighted by Crippen LogP contribution is -2.28. The Morgan fingerprint density at radius 2 is 2.00 bits per heavy atom. The highest BCUT2D eigenvalue weighted by molar-refractivity contribution is 5.75. The molecule has 1 N–H and O–H groups in total. The third kappa shape index (κ3) is 6.55. The number of hydrogen-bond acceptors (Lipinski definition) is 3. The molecular weight excluding hydrogens is 244 g/mol. The zero-order chi connectivity index (χ0) is 14.1. The van der Waals surface area contributed by atoms with Crippen molar-refractivity contribution in [2.45, 2.75) is 32.1 Å². The molecule has 0 unspecified atom stereocenters. The molecule has 0 bridgehead atoms. The van der Waals surface area contributed by atoms with Crippen LogP contribution in [0.2, 0.25) is 0 Å². The summed E-state index contributed by atoms with van der Waals surface area (Å²) in [6, 6.07) is 5.72. The Bertz CT molecular complexity index is 406. The Labute approximate surface area is 113 Å². The van der Waals surface area contributed by atoms with Gasteiger partial charge in [0.2, 0.25) is 5.91 Å². The number of carbonyl (C=O) groups excluding carboxylic acids is 1. The first kappa shape index (κ1) is 15.1. The molecule has 5 heteroatoms. The molecule has 1 amide bonds. The second-order valence-corrected chi connectivity index (χ2v) is 4.49. The topological polar surface area (TPSA) is 70.5 Å². The predicted octanol–water partition coefficient (Wildman–Crippen LogP) is 1.73. The number of carboxylic acid groups (broad SMARTS) is 1. The standard InChI is InChI=1S/C14H20N2O3/c1-16(11-9-12-6-4-5-10-15-12)13(17)7-2-3-8-14(18)19/h4-6,10H,2-3,7-9,11H2,1H3,(H,18,19). The van der Waals surface area contributed by atoms with Crippen molar-refractivity contribution in [1.82, 2.24) is 9.88 Å². The quantitative estimate of drug-likeness (QED) is 0.726. The zero-order valence-electron chi connectivity index (χ0n) is 11.2. The van der Waals surface area contributed by atoms with Crippen molar-refractivity contribution in [3.8, 4) is 0 Å². The van der Waals surface area contributed by atoms with Crippen molar-refractivity contribution in [2.24, 2.45) is 0 Å². The molecule has 0 aliphatic carbocycles. The van der Waals surface area contributed by atoms with E-state index in [1.165, 1.54) is 0 Å². The number of pyridine rings is 1. The zero-order valence-corrected chi connectivity index (χ0v) is 11.2. The van der Waals surface area contributed by atoms with Gasteiger partial charge in [-0.3, -0.25) is 14.6 Å². The van der Waals surface area contributed by atoms with E-state index >= 15 is 0 Å². The van der Waals surface area contributed by atoms with Crippen molar-refractivity contribution in [1.29, 1.82) is 0 Å². The van der Waals surface area contributed by atoms with Gasteiger partial charge in [0.1, 0.15) is 0 Å². The van der Waals surface area contributed by atoms with Crippen LogP contribution in [0.5, 0.6) is 0 Å². The molecule has 0 fully saturated rings. The van der Waals surface area contributed by atoms with Crippen LogP contribution in [0.15, 0.2) is 24.4 Å². The third-order valence-electron chi connectivity index (χ3n) is 2.89. The van der Waals surface area contributed by atoms with Crippen LogP contribution in [0.3, 0.4) is 0 Å². The molecule has 5 nitrogen and oxygen atoms in total. The highest BCUT2D eigenvalue weighted by atomic mass is 16.4. The highest BCUT2D eigenvalue weighted by Crippen LogP contribution is 2.04. The molecule has 0 atom stereocenters. The summed E-state index contributed by atoms with van der Waals surface area (Å²) in [5.41, 5.74) is 0.966. The number of hydrogen-bond donors (Lipinski definition) is 1. The number of nitrogens with zero attached hydrogens (tertiary/aromatic N) is 2. The summed E-state index contributed by atoms with van der Waals surface area (Å²) < 4.78 is 0. The lowest BCUT2D eigenvalue weighted by Gasteiger charge is -2.16. The van der Waals surface area contributed by atoms with Gasteiger partial charge >= 0.3 is 5.97 Å². The molecule has 0 radical (unpaired) electrons. The summed E-state index contributed by atoms with van der Waals surface area (Å²) in [6.45, 7) is 0.634. The highest BCUT2D eigenvalue weighted by Gasteiger charge is 2.09. The molecular formula is C14H20N2O3. The molecule has 1 rings (SSSR count). The molecule has 19 heavy (non-hydrogen) atoms. The smallest absolute Gasteiger partial charge is 0.303 e. The van der Waals surface area contributed by atoms with Gasteiger partial charge in [0.05, 0.1) is 0 Å². The summed E-state index contributed by atoms with van der Waals surface area (Å²) >= 11 is 0. The fourth-order valence-corrected chi connectivity index (χ4v) is 1.70. The Balaban J connectivity index is 2.20. The summed E-state index contributed by atoms with van der Waals surface area (Å²) in [6.07, 6.45) is 4.19. The van der Waals surface area contributed by atoms with Gasteiger partial charge in [-0.15, -0.1) is 0 Å². The van der Waals surface area contributed by atoms with E-state index in [1.807, 2.05) is 18.2 Å². The SMILES string of the molecule is CN(CCc1ccccn1)C(=O)CCCCC(=O)O. The van der Waals surface area contributed by atoms with E-state index in [1.54, 1.807) is 18.1 Å². The second kappa shape index (κ2) is 8.24. The van der Waals surface area contributed by atoms with Crippen LogP contribution in [-0.4, -0.2) is 40.5 Å². The first-order valence-electron chi connectivity index (χ1n) is 6.45. The minimum absolute atomic E-state index is 0.0568. The van der Waals surface area contributed by atoms with Crippen molar-refractivity contribution in [3.05, 3.63) is 30.1 Å². The van der Waals surface area contributed by atoms with Crippen LogP contribution >= 0.6 is 0 Å². The van der Waals surface area contributed by atoms with Gasteiger partial charge < -0.3 is 10.0 Å². The van der Waals surface area contributed by atoms with Gasteiger partial charge in [-0.25, -0.2) is 0 Å². The summed E-state index contributed by atoms with van der Waals surface area (Å²) in [5.74, 6) is -0.753. The first-order chi connectivity index (χ1) is 9.09. The van der Waals surface area contributed by atoms with Gasteiger partial charge in [-0.05, 0) is 25.0 Å². The molecule has 0 aliphatic rings. The van der Waals surface area contributed by atoms with Gasteiger partial charge in [0.15, 0.2) is 0 Å². The van der Waals surface area contributed by atoms with Crippen molar-refractivity contribution in [2.75, 3.05) is 13.6 Å². The minimum atomic E-state index is -0.809. The van der Waals surface area contributed by atoms with Gasteiger partial charge in [-0.2, -0.15) is 0 Å². The minimum Gasteiger partial charge on any atom is -0.481 e. The van der Waals surface area contributed by atoms with E-state index in [0.717, 1.165) is 12.1 Å². The Kier molecular flexibility index (Phi) is 6.57. The maximum absolute atomic E-state index is 11.8. The van der Waals surface area contributed by atoms with Crippen LogP contribution in [0.25, 0.3) is 0 Å². The number of carboxylic acids is 1. The molecule has 0 spiro atoms. The molecule has 104 valence electrons. The van der Waals surface area contributed by atoms with Crippen molar-refractivity contribution < 1.29 is 14.7 Å². The maximum Gasteiger partial charge on any atom is 0.303 e. The molecule has 1 aromatic heterocycles. The van der Waals surface area contributed by atoms with E-state index < -0.39 is 5.97 Å². The Morgan fingerprint density at radius 1 is 1.26 bits per heavy atom. The molecule has 0 saturated heterocycles. The number of aromatic nitrogens is 1. The molecule has 0 aliphatic heterocycles. The van der Waals surface area contributed by atoms with E-state index in [9.17, 15) is 9.59 Å². The van der Waals surface area contributed by atoms with E-state index in [-0.39, 0.29) is 12.3 Å². The second-order valence-electron chi connectivity index (χ2n) is 4.49. The van der Waals surface area contributed by atoms with Gasteiger partial charge in [-0.1, -0.05) is 6.07 Å². The number of unbranched alkanes of at least 4 members (excludes halogenated alkanes) is 1. The normalized spacial score (nSPS) is 10.2. The fourth-order valence-electron chi connectivity index (χ4n) is 1.70. The summed E-state index contributed by atoms with van der Waals surface area (Å²) in [5, 5.41) is 8.50. The lowest BCUT2D eigenvalue weighted by atomic mass is 10.2. The average molecular weight is 264 g/mol. The monoisotopic (exact) mass is 264 g/mol. The van der Waals surface area contributed by atoms with E-state index in [4.69, 9.17) is 5.11 Å². The van der Waals surface area contributed by atoms with Crippen LogP contribution in [0, 0.1) is 0 Å². The molecule has 0 aromatic carbocycles. The molecule has 0 saturated carbocycles. The lowest BCUT2D eigenvalue weighted by molar-refractivity contribution is -0.137. The maximum atomic E-state index is 11.8. The van der Waals surface area contributed by atoms with Gasteiger partial charge in [0.25, 0.3) is 0 Å². The number of aliphatic carboxylic acids is 1. The molecule has 1 heterocycles. The van der Waals surface area contributed by atoms with E-state index in [2.05, 4.69) is 4.98 Å². The predicted molar refractivity (Wildman–Crippen MR) is 71.7 cm³/mol. The number of amides is 1. The number of rotatable bonds is 8. The van der Waals surface area contributed by atoms with Crippen LogP contribution < -0.4 is 0 Å². The Hall–Kier alpha value is -1.91. The average Bonchev–Trinajstić information content (AvgIpc) is 2.41. The van der Waals surface area contributed by atoms with Crippen LogP contribution in [-0.2, 0) is 16.0 Å². The van der Waals surface area contributed by atoms with Crippen LogP contribution in [0.4, 0.5) is 0 Å². The fraction of sp³-hybridized carbons (Fsp3) is 0.500. The largest absolute Gasteiger partial charge is 0.481 e. The van der Waals surface area contributed by atoms with Crippen molar-refractivity contribution >= 4 is 11.9 Å². The number of likely N-dealkylation sites (N-methyl/N-ethyl adjacent to an activating group) is 1. The summed E-state index contributed by atoms with van der Waals surface area (Å²) in [4.78, 5) is 28.0. The third-order valence-corrected chi connectivity index (χ3v) is 2.89. The molecule has 1 aromatic rings. The summed E-state index contributed by atoms with van der Waals surface area (Å²) in [7, 11) is 1.77. The number of carbonyl (C=O) groups is 2. The first-order valence-corrected chi connectivity index (χ1v) is 6.45.